The number of benzene rings is 1. The summed E-state index contributed by atoms with van der Waals surface area (Å²) in [5.74, 6) is 0. The Hall–Kier alpha value is 0.738. The van der Waals surface area contributed by atoms with E-state index in [1.807, 2.05) is 0 Å². The van der Waals surface area contributed by atoms with Gasteiger partial charge in [-0.3, -0.25) is 0 Å². The first-order chi connectivity index (χ1) is 5.44. The molecule has 1 aliphatic rings. The van der Waals surface area contributed by atoms with Gasteiger partial charge in [-0.2, -0.15) is 0 Å². The maximum absolute atomic E-state index is 2.49. The quantitative estimate of drug-likeness (QED) is 0.660. The fourth-order valence-corrected chi connectivity index (χ4v) is 23.1. The molecule has 0 amide bonds. The van der Waals surface area contributed by atoms with Crippen LogP contribution in [0.15, 0.2) is 34.1 Å². The predicted molar refractivity (Wildman–Crippen MR) is 61.5 cm³/mol. The van der Waals surface area contributed by atoms with Crippen LogP contribution in [0, 0.1) is 0 Å². The van der Waals surface area contributed by atoms with Gasteiger partial charge in [0, 0.05) is 0 Å². The molecular weight excluding hydrogens is 294 g/mol. The minimum atomic E-state index is -2.23. The minimum absolute atomic E-state index is 1.51. The molecule has 2 rings (SSSR count). The Balaban J connectivity index is 2.47. The standard InChI is InChI=1S/C6H6S2.3CH3.Sb/c7-5-3-1-2-4-6(5)8;;;;/h1-4,7-8H;3*1H3;/q;;;;+2/p-2. The molecule has 0 saturated carbocycles. The Bertz CT molecular complexity index is 296. The van der Waals surface area contributed by atoms with Crippen LogP contribution < -0.4 is 0 Å². The van der Waals surface area contributed by atoms with E-state index in [0.717, 1.165) is 0 Å². The molecule has 66 valence electrons. The molecule has 0 aliphatic carbocycles. The second-order valence-electron chi connectivity index (χ2n) is 4.14. The molecule has 0 radical (unpaired) electrons. The molecule has 3 heteroatoms. The third-order valence-electron chi connectivity index (χ3n) is 1.67. The van der Waals surface area contributed by atoms with Gasteiger partial charge in [0.25, 0.3) is 0 Å². The number of hydrogen-bond donors (Lipinski definition) is 0. The summed E-state index contributed by atoms with van der Waals surface area (Å²) in [4.78, 5) is 10.5. The third-order valence-corrected chi connectivity index (χ3v) is 21.2. The van der Waals surface area contributed by atoms with Gasteiger partial charge in [-0.1, -0.05) is 0 Å². The monoisotopic (exact) mass is 306 g/mol. The summed E-state index contributed by atoms with van der Waals surface area (Å²) in [6, 6.07) is 8.78. The van der Waals surface area contributed by atoms with Crippen LogP contribution in [0.1, 0.15) is 0 Å². The fraction of sp³-hybridized carbons (Fsp3) is 0.333. The van der Waals surface area contributed by atoms with E-state index in [1.165, 1.54) is 9.79 Å². The maximum atomic E-state index is 2.49. The van der Waals surface area contributed by atoms with Gasteiger partial charge in [0.1, 0.15) is 0 Å². The number of fused-ring (bicyclic) bond motifs is 1. The Kier molecular flexibility index (Phi) is 2.03. The second-order valence-corrected chi connectivity index (χ2v) is 41.5. The van der Waals surface area contributed by atoms with E-state index in [4.69, 9.17) is 0 Å². The van der Waals surface area contributed by atoms with Gasteiger partial charge >= 0.3 is 81.0 Å². The first kappa shape index (κ1) is 9.30. The molecule has 0 aromatic heterocycles. The van der Waals surface area contributed by atoms with Crippen molar-refractivity contribution in [3.05, 3.63) is 24.3 Å². The third kappa shape index (κ3) is 1.81. The van der Waals surface area contributed by atoms with E-state index in [1.54, 1.807) is 0 Å². The molecule has 0 spiro atoms. The van der Waals surface area contributed by atoms with Gasteiger partial charge in [0.15, 0.2) is 0 Å². The molecule has 1 heterocycles. The summed E-state index contributed by atoms with van der Waals surface area (Å²) in [7, 11) is 4.32. The van der Waals surface area contributed by atoms with E-state index in [9.17, 15) is 0 Å². The Labute approximate surface area is 80.4 Å². The van der Waals surface area contributed by atoms with Crippen LogP contribution in [0.5, 0.6) is 0 Å². The zero-order valence-electron chi connectivity index (χ0n) is 7.57. The van der Waals surface area contributed by atoms with Crippen molar-refractivity contribution in [3.63, 3.8) is 0 Å². The van der Waals surface area contributed by atoms with Crippen molar-refractivity contribution in [2.75, 3.05) is 0 Å². The van der Waals surface area contributed by atoms with E-state index in [-0.39, 0.29) is 0 Å². The number of rotatable bonds is 0. The van der Waals surface area contributed by atoms with E-state index >= 15 is 0 Å². The van der Waals surface area contributed by atoms with Crippen molar-refractivity contribution in [2.24, 2.45) is 0 Å². The Morgan fingerprint density at radius 1 is 0.917 bits per heavy atom. The van der Waals surface area contributed by atoms with E-state index in [0.29, 0.717) is 0 Å². The van der Waals surface area contributed by atoms with Gasteiger partial charge in [0.05, 0.1) is 0 Å². The molecule has 0 bridgehead atoms. The van der Waals surface area contributed by atoms with Crippen molar-refractivity contribution < 1.29 is 0 Å². The van der Waals surface area contributed by atoms with Crippen molar-refractivity contribution >= 4 is 32.3 Å². The molecule has 0 fully saturated rings. The summed E-state index contributed by atoms with van der Waals surface area (Å²) < 4.78 is 0. The molecule has 0 atom stereocenters. The van der Waals surface area contributed by atoms with Crippen molar-refractivity contribution in [3.8, 4) is 0 Å². The van der Waals surface area contributed by atoms with Crippen LogP contribution in [0.3, 0.4) is 0 Å². The molecular formula is C9H13S2Sb. The van der Waals surface area contributed by atoms with Crippen molar-refractivity contribution in [1.29, 1.82) is 0 Å². The first-order valence-electron chi connectivity index (χ1n) is 3.94. The zero-order valence-corrected chi connectivity index (χ0v) is 11.8. The van der Waals surface area contributed by atoms with Crippen LogP contribution in [0.2, 0.25) is 14.6 Å². The first-order valence-corrected chi connectivity index (χ1v) is 19.4. The van der Waals surface area contributed by atoms with Crippen LogP contribution in [0.4, 0.5) is 0 Å². The predicted octanol–water partition coefficient (Wildman–Crippen LogP) is 4.17. The van der Waals surface area contributed by atoms with Crippen LogP contribution >= 0.6 is 17.7 Å². The van der Waals surface area contributed by atoms with Crippen LogP contribution in [0.25, 0.3) is 0 Å². The van der Waals surface area contributed by atoms with Gasteiger partial charge < -0.3 is 0 Å². The van der Waals surface area contributed by atoms with Gasteiger partial charge in [0.2, 0.25) is 0 Å². The summed E-state index contributed by atoms with van der Waals surface area (Å²) in [5, 5.41) is 0. The van der Waals surface area contributed by atoms with Crippen LogP contribution in [-0.2, 0) is 0 Å². The topological polar surface area (TPSA) is 0 Å². The number of hydrogen-bond acceptors (Lipinski definition) is 2. The average molecular weight is 307 g/mol. The van der Waals surface area contributed by atoms with Gasteiger partial charge in [-0.25, -0.2) is 0 Å². The Morgan fingerprint density at radius 2 is 1.33 bits per heavy atom. The molecule has 1 aromatic rings. The van der Waals surface area contributed by atoms with E-state index in [2.05, 4.69) is 56.6 Å². The average Bonchev–Trinajstić information content (AvgIpc) is 2.16. The molecule has 0 saturated heterocycles. The molecule has 0 N–H and O–H groups in total. The van der Waals surface area contributed by atoms with Crippen molar-refractivity contribution in [1.82, 2.24) is 0 Å². The molecule has 1 aliphatic heterocycles. The molecule has 12 heavy (non-hydrogen) atoms. The fourth-order valence-electron chi connectivity index (χ4n) is 1.29. The van der Waals surface area contributed by atoms with Crippen molar-refractivity contribution in [2.45, 2.75) is 24.4 Å². The van der Waals surface area contributed by atoms with Crippen LogP contribution in [-0.4, -0.2) is 14.6 Å². The summed E-state index contributed by atoms with van der Waals surface area (Å²) in [5.41, 5.74) is 0. The normalized spacial score (nSPS) is 27.1. The zero-order chi connectivity index (χ0) is 8.84. The molecule has 0 unspecified atom stereocenters. The summed E-state index contributed by atoms with van der Waals surface area (Å²) in [6.45, 7) is 0. The summed E-state index contributed by atoms with van der Waals surface area (Å²) in [6.07, 6.45) is 0. The second kappa shape index (κ2) is 2.62. The van der Waals surface area contributed by atoms with Gasteiger partial charge in [-0.05, 0) is 0 Å². The SMILES string of the molecule is [CH3][Sb]1([CH3])([CH3])[S]c2ccccc2[S]1. The van der Waals surface area contributed by atoms with E-state index < -0.39 is 14.6 Å². The van der Waals surface area contributed by atoms with Gasteiger partial charge in [-0.15, -0.1) is 0 Å². The molecule has 1 aromatic carbocycles. The molecule has 0 nitrogen and oxygen atoms in total. The summed E-state index contributed by atoms with van der Waals surface area (Å²) >= 11 is -2.23. The Morgan fingerprint density at radius 3 is 1.75 bits per heavy atom.